The molecule has 0 amide bonds. The number of fused-ring (bicyclic) bond motifs is 1. The van der Waals surface area contributed by atoms with Crippen molar-refractivity contribution in [2.75, 3.05) is 11.3 Å². The second-order valence-corrected chi connectivity index (χ2v) is 8.75. The molecule has 1 aliphatic heterocycles. The molecule has 10 heteroatoms. The highest BCUT2D eigenvalue weighted by Crippen LogP contribution is 2.30. The van der Waals surface area contributed by atoms with Gasteiger partial charge in [0.1, 0.15) is 11.9 Å². The van der Waals surface area contributed by atoms with Gasteiger partial charge in [-0.2, -0.15) is 0 Å². The summed E-state index contributed by atoms with van der Waals surface area (Å²) in [5.41, 5.74) is 2.46. The summed E-state index contributed by atoms with van der Waals surface area (Å²) in [5.74, 6) is 0.725. The maximum atomic E-state index is 12.9. The number of aryl methyl sites for hydroxylation is 1. The Morgan fingerprint density at radius 1 is 1.28 bits per heavy atom. The fourth-order valence-electron chi connectivity index (χ4n) is 3.44. The Kier molecular flexibility index (Phi) is 4.75. The fourth-order valence-corrected chi connectivity index (χ4v) is 4.83. The van der Waals surface area contributed by atoms with E-state index in [0.717, 1.165) is 24.7 Å². The number of sulfonamides is 1. The van der Waals surface area contributed by atoms with Crippen LogP contribution in [0.5, 0.6) is 0 Å². The molecule has 0 bridgehead atoms. The first-order valence-corrected chi connectivity index (χ1v) is 10.6. The van der Waals surface area contributed by atoms with Crippen molar-refractivity contribution in [1.82, 2.24) is 9.97 Å². The summed E-state index contributed by atoms with van der Waals surface area (Å²) in [5, 5.41) is 11.1. The normalized spacial score (nSPS) is 17.0. The zero-order chi connectivity index (χ0) is 20.8. The summed E-state index contributed by atoms with van der Waals surface area (Å²) >= 11 is 0. The molecule has 0 radical (unpaired) electrons. The van der Waals surface area contributed by atoms with Gasteiger partial charge in [0.25, 0.3) is 15.7 Å². The molecule has 1 unspecified atom stereocenters. The minimum atomic E-state index is -4.01. The number of anilines is 1. The molecule has 1 saturated heterocycles. The first-order chi connectivity index (χ1) is 13.7. The molecule has 9 nitrogen and oxygen atoms in total. The SMILES string of the molecule is Cc1cc([N+](=O)[O-])cc(S(=O)(=O)Nc2ccc3nc(C4CCCO4)[nH]c3c2)c1C. The monoisotopic (exact) mass is 416 g/mol. The van der Waals surface area contributed by atoms with E-state index in [2.05, 4.69) is 14.7 Å². The molecule has 29 heavy (non-hydrogen) atoms. The van der Waals surface area contributed by atoms with Crippen LogP contribution in [0.25, 0.3) is 11.0 Å². The number of nitrogens with zero attached hydrogens (tertiary/aromatic N) is 2. The lowest BCUT2D eigenvalue weighted by molar-refractivity contribution is -0.385. The number of benzene rings is 2. The molecule has 1 aliphatic rings. The van der Waals surface area contributed by atoms with Gasteiger partial charge in [0, 0.05) is 18.7 Å². The number of non-ortho nitro benzene ring substituents is 1. The van der Waals surface area contributed by atoms with Crippen LogP contribution in [0.2, 0.25) is 0 Å². The van der Waals surface area contributed by atoms with Crippen LogP contribution in [0.1, 0.15) is 35.9 Å². The van der Waals surface area contributed by atoms with Crippen molar-refractivity contribution < 1.29 is 18.1 Å². The first kappa shape index (κ1) is 19.3. The van der Waals surface area contributed by atoms with Crippen molar-refractivity contribution >= 4 is 32.4 Å². The number of rotatable bonds is 5. The summed E-state index contributed by atoms with van der Waals surface area (Å²) in [6.07, 6.45) is 1.80. The summed E-state index contributed by atoms with van der Waals surface area (Å²) in [7, 11) is -4.01. The topological polar surface area (TPSA) is 127 Å². The van der Waals surface area contributed by atoms with Gasteiger partial charge in [-0.05, 0) is 56.0 Å². The van der Waals surface area contributed by atoms with Crippen LogP contribution in [-0.4, -0.2) is 29.9 Å². The number of aromatic nitrogens is 2. The third kappa shape index (κ3) is 3.68. The molecule has 0 spiro atoms. The maximum Gasteiger partial charge on any atom is 0.271 e. The molecule has 1 aromatic heterocycles. The molecule has 152 valence electrons. The Morgan fingerprint density at radius 2 is 2.07 bits per heavy atom. The summed E-state index contributed by atoms with van der Waals surface area (Å²) in [4.78, 5) is 18.1. The Bertz CT molecular complexity index is 1210. The second-order valence-electron chi connectivity index (χ2n) is 7.10. The molecule has 2 aromatic carbocycles. The number of nitro benzene ring substituents is 1. The molecule has 1 atom stereocenters. The third-order valence-corrected chi connectivity index (χ3v) is 6.60. The lowest BCUT2D eigenvalue weighted by Crippen LogP contribution is -2.15. The summed E-state index contributed by atoms with van der Waals surface area (Å²) in [6.45, 7) is 3.97. The van der Waals surface area contributed by atoms with Gasteiger partial charge in [-0.1, -0.05) is 0 Å². The highest BCUT2D eigenvalue weighted by molar-refractivity contribution is 7.92. The van der Waals surface area contributed by atoms with Crippen molar-refractivity contribution in [2.24, 2.45) is 0 Å². The lowest BCUT2D eigenvalue weighted by atomic mass is 10.1. The molecule has 3 aromatic rings. The molecule has 0 saturated carbocycles. The van der Waals surface area contributed by atoms with E-state index in [-0.39, 0.29) is 16.7 Å². The second kappa shape index (κ2) is 7.12. The predicted molar refractivity (Wildman–Crippen MR) is 107 cm³/mol. The van der Waals surface area contributed by atoms with Gasteiger partial charge >= 0.3 is 0 Å². The van der Waals surface area contributed by atoms with Crippen molar-refractivity contribution in [3.63, 3.8) is 0 Å². The van der Waals surface area contributed by atoms with Crippen LogP contribution in [0.4, 0.5) is 11.4 Å². The van der Waals surface area contributed by atoms with E-state index in [1.54, 1.807) is 32.0 Å². The lowest BCUT2D eigenvalue weighted by Gasteiger charge is -2.12. The van der Waals surface area contributed by atoms with Crippen molar-refractivity contribution in [3.05, 3.63) is 57.4 Å². The Labute approximate surface area is 167 Å². The number of ether oxygens (including phenoxy) is 1. The Morgan fingerprint density at radius 3 is 2.76 bits per heavy atom. The van der Waals surface area contributed by atoms with Crippen LogP contribution < -0.4 is 4.72 Å². The van der Waals surface area contributed by atoms with Crippen LogP contribution in [-0.2, 0) is 14.8 Å². The van der Waals surface area contributed by atoms with Crippen LogP contribution >= 0.6 is 0 Å². The molecular weight excluding hydrogens is 396 g/mol. The zero-order valence-corrected chi connectivity index (χ0v) is 16.7. The minimum Gasteiger partial charge on any atom is -0.370 e. The number of aromatic amines is 1. The highest BCUT2D eigenvalue weighted by Gasteiger charge is 2.24. The standard InChI is InChI=1S/C19H20N4O5S/c1-11-8-14(23(24)25)10-18(12(11)2)29(26,27)22-13-5-6-15-16(9-13)21-19(20-15)17-4-3-7-28-17/h5-6,8-10,17,22H,3-4,7H2,1-2H3,(H,20,21). The Balaban J connectivity index is 1.67. The quantitative estimate of drug-likeness (QED) is 0.482. The average Bonchev–Trinajstić information content (AvgIpc) is 3.31. The molecule has 4 rings (SSSR count). The van der Waals surface area contributed by atoms with Gasteiger partial charge in [-0.15, -0.1) is 0 Å². The fraction of sp³-hybridized carbons (Fsp3) is 0.316. The van der Waals surface area contributed by atoms with Crippen molar-refractivity contribution in [2.45, 2.75) is 37.7 Å². The van der Waals surface area contributed by atoms with E-state index in [0.29, 0.717) is 34.5 Å². The number of imidazole rings is 1. The molecule has 2 heterocycles. The smallest absolute Gasteiger partial charge is 0.271 e. The Hall–Kier alpha value is -2.98. The van der Waals surface area contributed by atoms with Crippen LogP contribution in [0, 0.1) is 24.0 Å². The number of nitro groups is 1. The van der Waals surface area contributed by atoms with E-state index in [4.69, 9.17) is 4.74 Å². The first-order valence-electron chi connectivity index (χ1n) is 9.14. The number of hydrogen-bond donors (Lipinski definition) is 2. The van der Waals surface area contributed by atoms with E-state index in [1.807, 2.05) is 0 Å². The van der Waals surface area contributed by atoms with Crippen LogP contribution in [0.3, 0.4) is 0 Å². The maximum absolute atomic E-state index is 12.9. The van der Waals surface area contributed by atoms with E-state index < -0.39 is 14.9 Å². The summed E-state index contributed by atoms with van der Waals surface area (Å²) in [6, 6.07) is 7.41. The van der Waals surface area contributed by atoms with Gasteiger partial charge < -0.3 is 9.72 Å². The van der Waals surface area contributed by atoms with E-state index in [9.17, 15) is 18.5 Å². The van der Waals surface area contributed by atoms with Crippen molar-refractivity contribution in [3.8, 4) is 0 Å². The molecule has 0 aliphatic carbocycles. The summed E-state index contributed by atoms with van der Waals surface area (Å²) < 4.78 is 34.0. The van der Waals surface area contributed by atoms with Gasteiger partial charge in [0.2, 0.25) is 0 Å². The highest BCUT2D eigenvalue weighted by atomic mass is 32.2. The van der Waals surface area contributed by atoms with Crippen LogP contribution in [0.15, 0.2) is 35.2 Å². The third-order valence-electron chi connectivity index (χ3n) is 5.09. The van der Waals surface area contributed by atoms with Gasteiger partial charge in [0.15, 0.2) is 0 Å². The number of H-pyrrole nitrogens is 1. The average molecular weight is 416 g/mol. The number of hydrogen-bond acceptors (Lipinski definition) is 6. The van der Waals surface area contributed by atoms with E-state index in [1.165, 1.54) is 6.07 Å². The van der Waals surface area contributed by atoms with Gasteiger partial charge in [-0.25, -0.2) is 13.4 Å². The zero-order valence-electron chi connectivity index (χ0n) is 15.9. The van der Waals surface area contributed by atoms with Crippen molar-refractivity contribution in [1.29, 1.82) is 0 Å². The minimum absolute atomic E-state index is 0.0713. The largest absolute Gasteiger partial charge is 0.370 e. The molecule has 1 fully saturated rings. The van der Waals surface area contributed by atoms with Gasteiger partial charge in [0.05, 0.1) is 26.5 Å². The van der Waals surface area contributed by atoms with Gasteiger partial charge in [-0.3, -0.25) is 14.8 Å². The molecular formula is C19H20N4O5S. The number of nitrogens with one attached hydrogen (secondary N) is 2. The molecule has 2 N–H and O–H groups in total. The van der Waals surface area contributed by atoms with E-state index >= 15 is 0 Å². The predicted octanol–water partition coefficient (Wildman–Crippen LogP) is 3.74.